The van der Waals surface area contributed by atoms with Gasteiger partial charge in [0, 0.05) is 37.8 Å². The highest BCUT2D eigenvalue weighted by molar-refractivity contribution is 4.96. The molecule has 0 aliphatic carbocycles. The molecular weight excluding hydrogens is 236 g/mol. The third-order valence-corrected chi connectivity index (χ3v) is 4.61. The zero-order valence-corrected chi connectivity index (χ0v) is 13.7. The fourth-order valence-electron chi connectivity index (χ4n) is 2.94. The summed E-state index contributed by atoms with van der Waals surface area (Å²) < 4.78 is 5.80. The highest BCUT2D eigenvalue weighted by Gasteiger charge is 2.37. The SMILES string of the molecule is CCC1(CC)CNC(C)CN1CCOCCC(C)C. The van der Waals surface area contributed by atoms with Crippen LogP contribution in [-0.4, -0.2) is 49.3 Å². The molecule has 1 aliphatic heterocycles. The van der Waals surface area contributed by atoms with E-state index in [1.165, 1.54) is 19.3 Å². The van der Waals surface area contributed by atoms with Gasteiger partial charge in [-0.2, -0.15) is 0 Å². The lowest BCUT2D eigenvalue weighted by molar-refractivity contribution is 0.00572. The molecule has 1 unspecified atom stereocenters. The normalized spacial score (nSPS) is 24.0. The molecule has 0 aromatic heterocycles. The van der Waals surface area contributed by atoms with E-state index in [0.717, 1.165) is 38.8 Å². The van der Waals surface area contributed by atoms with Crippen LogP contribution < -0.4 is 5.32 Å². The van der Waals surface area contributed by atoms with E-state index in [2.05, 4.69) is 44.8 Å². The highest BCUT2D eigenvalue weighted by Crippen LogP contribution is 2.26. The Morgan fingerprint density at radius 3 is 2.53 bits per heavy atom. The zero-order valence-electron chi connectivity index (χ0n) is 13.7. The second-order valence-electron chi connectivity index (χ2n) is 6.45. The molecule has 1 saturated heterocycles. The Hall–Kier alpha value is -0.120. The number of ether oxygens (including phenoxy) is 1. The molecule has 0 aromatic rings. The molecule has 0 amide bonds. The maximum atomic E-state index is 5.80. The summed E-state index contributed by atoms with van der Waals surface area (Å²) in [5.41, 5.74) is 0.341. The Balaban J connectivity index is 2.38. The fourth-order valence-corrected chi connectivity index (χ4v) is 2.94. The van der Waals surface area contributed by atoms with Crippen LogP contribution in [0.1, 0.15) is 53.9 Å². The Labute approximate surface area is 120 Å². The largest absolute Gasteiger partial charge is 0.380 e. The molecule has 1 rings (SSSR count). The van der Waals surface area contributed by atoms with Gasteiger partial charge in [-0.3, -0.25) is 4.90 Å². The van der Waals surface area contributed by atoms with Crippen molar-refractivity contribution in [2.45, 2.75) is 65.5 Å². The first-order chi connectivity index (χ1) is 9.04. The van der Waals surface area contributed by atoms with Gasteiger partial charge in [-0.1, -0.05) is 27.7 Å². The Kier molecular flexibility index (Phi) is 7.33. The average molecular weight is 270 g/mol. The van der Waals surface area contributed by atoms with Crippen LogP contribution in [0.25, 0.3) is 0 Å². The van der Waals surface area contributed by atoms with Crippen molar-refractivity contribution in [3.05, 3.63) is 0 Å². The fraction of sp³-hybridized carbons (Fsp3) is 1.00. The number of piperazine rings is 1. The molecule has 1 heterocycles. The lowest BCUT2D eigenvalue weighted by atomic mass is 9.87. The number of rotatable bonds is 8. The van der Waals surface area contributed by atoms with E-state index in [1.807, 2.05) is 0 Å². The van der Waals surface area contributed by atoms with Gasteiger partial charge in [-0.25, -0.2) is 0 Å². The van der Waals surface area contributed by atoms with Crippen molar-refractivity contribution in [3.8, 4) is 0 Å². The van der Waals surface area contributed by atoms with E-state index in [1.54, 1.807) is 0 Å². The van der Waals surface area contributed by atoms with Crippen LogP contribution in [0.3, 0.4) is 0 Å². The lowest BCUT2D eigenvalue weighted by Crippen LogP contribution is -2.64. The van der Waals surface area contributed by atoms with E-state index < -0.39 is 0 Å². The predicted octanol–water partition coefficient (Wildman–Crippen LogP) is 2.90. The Bertz CT molecular complexity index is 239. The van der Waals surface area contributed by atoms with Crippen molar-refractivity contribution in [1.82, 2.24) is 10.2 Å². The summed E-state index contributed by atoms with van der Waals surface area (Å²) in [5.74, 6) is 0.740. The monoisotopic (exact) mass is 270 g/mol. The van der Waals surface area contributed by atoms with Crippen molar-refractivity contribution in [2.75, 3.05) is 32.8 Å². The standard InChI is InChI=1S/C16H34N2O/c1-6-16(7-2)13-17-15(5)12-18(16)9-11-19-10-8-14(3)4/h14-15,17H,6-13H2,1-5H3. The molecule has 19 heavy (non-hydrogen) atoms. The summed E-state index contributed by atoms with van der Waals surface area (Å²) in [6, 6.07) is 0.599. The van der Waals surface area contributed by atoms with Crippen molar-refractivity contribution in [3.63, 3.8) is 0 Å². The van der Waals surface area contributed by atoms with Gasteiger partial charge < -0.3 is 10.1 Å². The van der Waals surface area contributed by atoms with Crippen LogP contribution in [0.2, 0.25) is 0 Å². The smallest absolute Gasteiger partial charge is 0.0593 e. The molecule has 0 radical (unpaired) electrons. The summed E-state index contributed by atoms with van der Waals surface area (Å²) in [6.07, 6.45) is 3.61. The van der Waals surface area contributed by atoms with Gasteiger partial charge in [0.25, 0.3) is 0 Å². The molecule has 114 valence electrons. The summed E-state index contributed by atoms with van der Waals surface area (Å²) in [4.78, 5) is 2.66. The molecule has 0 spiro atoms. The molecule has 1 N–H and O–H groups in total. The van der Waals surface area contributed by atoms with Gasteiger partial charge in [0.2, 0.25) is 0 Å². The molecule has 0 aromatic carbocycles. The third kappa shape index (κ3) is 5.05. The lowest BCUT2D eigenvalue weighted by Gasteiger charge is -2.49. The van der Waals surface area contributed by atoms with Crippen LogP contribution in [0, 0.1) is 5.92 Å². The first-order valence-corrected chi connectivity index (χ1v) is 8.10. The van der Waals surface area contributed by atoms with Crippen LogP contribution >= 0.6 is 0 Å². The summed E-state index contributed by atoms with van der Waals surface area (Å²) in [6.45, 7) is 16.5. The minimum atomic E-state index is 0.341. The third-order valence-electron chi connectivity index (χ3n) is 4.61. The quantitative estimate of drug-likeness (QED) is 0.686. The Morgan fingerprint density at radius 1 is 1.26 bits per heavy atom. The number of nitrogens with zero attached hydrogens (tertiary/aromatic N) is 1. The minimum Gasteiger partial charge on any atom is -0.380 e. The number of hydrogen-bond acceptors (Lipinski definition) is 3. The topological polar surface area (TPSA) is 24.5 Å². The molecule has 1 atom stereocenters. The molecule has 3 heteroatoms. The second kappa shape index (κ2) is 8.23. The molecule has 0 bridgehead atoms. The van der Waals surface area contributed by atoms with Crippen LogP contribution in [0.4, 0.5) is 0 Å². The Morgan fingerprint density at radius 2 is 1.95 bits per heavy atom. The number of hydrogen-bond donors (Lipinski definition) is 1. The minimum absolute atomic E-state index is 0.341. The van der Waals surface area contributed by atoms with Crippen LogP contribution in [0.15, 0.2) is 0 Å². The van der Waals surface area contributed by atoms with Gasteiger partial charge in [0.1, 0.15) is 0 Å². The predicted molar refractivity (Wildman–Crippen MR) is 82.6 cm³/mol. The van der Waals surface area contributed by atoms with Gasteiger partial charge in [0.15, 0.2) is 0 Å². The maximum Gasteiger partial charge on any atom is 0.0593 e. The van der Waals surface area contributed by atoms with E-state index in [4.69, 9.17) is 4.74 Å². The van der Waals surface area contributed by atoms with Gasteiger partial charge in [-0.05, 0) is 32.1 Å². The van der Waals surface area contributed by atoms with Crippen LogP contribution in [-0.2, 0) is 4.74 Å². The summed E-state index contributed by atoms with van der Waals surface area (Å²) in [7, 11) is 0. The van der Waals surface area contributed by atoms with Crippen molar-refractivity contribution in [2.24, 2.45) is 5.92 Å². The molecule has 0 saturated carbocycles. The molecular formula is C16H34N2O. The zero-order chi connectivity index (χ0) is 14.3. The first kappa shape index (κ1) is 16.9. The van der Waals surface area contributed by atoms with E-state index >= 15 is 0 Å². The number of nitrogens with one attached hydrogen (secondary N) is 1. The van der Waals surface area contributed by atoms with E-state index in [0.29, 0.717) is 11.6 Å². The first-order valence-electron chi connectivity index (χ1n) is 8.10. The van der Waals surface area contributed by atoms with Crippen molar-refractivity contribution >= 4 is 0 Å². The summed E-state index contributed by atoms with van der Waals surface area (Å²) in [5, 5.41) is 3.64. The molecule has 3 nitrogen and oxygen atoms in total. The molecule has 1 aliphatic rings. The van der Waals surface area contributed by atoms with Crippen LogP contribution in [0.5, 0.6) is 0 Å². The van der Waals surface area contributed by atoms with E-state index in [-0.39, 0.29) is 0 Å². The van der Waals surface area contributed by atoms with Gasteiger partial charge in [0.05, 0.1) is 6.61 Å². The molecule has 1 fully saturated rings. The van der Waals surface area contributed by atoms with Crippen molar-refractivity contribution in [1.29, 1.82) is 0 Å². The van der Waals surface area contributed by atoms with E-state index in [9.17, 15) is 0 Å². The van der Waals surface area contributed by atoms with Gasteiger partial charge in [-0.15, -0.1) is 0 Å². The maximum absolute atomic E-state index is 5.80. The summed E-state index contributed by atoms with van der Waals surface area (Å²) >= 11 is 0. The van der Waals surface area contributed by atoms with Crippen molar-refractivity contribution < 1.29 is 4.74 Å². The highest BCUT2D eigenvalue weighted by atomic mass is 16.5. The van der Waals surface area contributed by atoms with Gasteiger partial charge >= 0.3 is 0 Å². The second-order valence-corrected chi connectivity index (χ2v) is 6.45. The average Bonchev–Trinajstić information content (AvgIpc) is 2.39.